The molecule has 1 N–H and O–H groups in total. The molecule has 0 heterocycles. The summed E-state index contributed by atoms with van der Waals surface area (Å²) in [6.45, 7) is 0.904. The van der Waals surface area contributed by atoms with E-state index in [2.05, 4.69) is 17.9 Å². The van der Waals surface area contributed by atoms with Crippen molar-refractivity contribution < 1.29 is 4.79 Å². The van der Waals surface area contributed by atoms with E-state index in [0.29, 0.717) is 6.42 Å². The van der Waals surface area contributed by atoms with Crippen molar-refractivity contribution in [3.8, 4) is 0 Å². The number of amides is 1. The van der Waals surface area contributed by atoms with E-state index in [-0.39, 0.29) is 11.3 Å². The molecule has 0 aromatic carbocycles. The molecule has 0 unspecified atom stereocenters. The molecule has 2 fully saturated rings. The van der Waals surface area contributed by atoms with E-state index >= 15 is 0 Å². The first kappa shape index (κ1) is 10.3. The minimum Gasteiger partial charge on any atom is -0.356 e. The van der Waals surface area contributed by atoms with Gasteiger partial charge in [-0.3, -0.25) is 4.79 Å². The molecule has 0 atom stereocenters. The van der Waals surface area contributed by atoms with Gasteiger partial charge in [0.05, 0.1) is 0 Å². The molecule has 14 heavy (non-hydrogen) atoms. The third-order valence-corrected chi connectivity index (χ3v) is 4.31. The van der Waals surface area contributed by atoms with Gasteiger partial charge in [0.15, 0.2) is 0 Å². The zero-order chi connectivity index (χ0) is 10.0. The first-order valence-corrected chi connectivity index (χ1v) is 6.25. The maximum Gasteiger partial charge on any atom is 0.220 e. The summed E-state index contributed by atoms with van der Waals surface area (Å²) in [5.74, 6) is 1.87. The monoisotopic (exact) mass is 213 g/mol. The zero-order valence-corrected chi connectivity index (χ0v) is 9.48. The molecule has 2 rings (SSSR count). The average Bonchev–Trinajstić information content (AvgIpc) is 2.83. The molecule has 3 heteroatoms. The minimum atomic E-state index is 0.239. The largest absolute Gasteiger partial charge is 0.356 e. The van der Waals surface area contributed by atoms with E-state index in [0.717, 1.165) is 18.2 Å². The first-order valence-electron chi connectivity index (χ1n) is 5.62. The molecule has 2 saturated carbocycles. The van der Waals surface area contributed by atoms with Crippen molar-refractivity contribution in [2.45, 2.75) is 38.5 Å². The van der Waals surface area contributed by atoms with Crippen LogP contribution in [0.25, 0.3) is 0 Å². The maximum absolute atomic E-state index is 11.6. The molecular weight excluding hydrogens is 194 g/mol. The molecule has 2 aliphatic rings. The van der Waals surface area contributed by atoms with Gasteiger partial charge < -0.3 is 5.32 Å². The van der Waals surface area contributed by atoms with Gasteiger partial charge in [-0.2, -0.15) is 12.6 Å². The smallest absolute Gasteiger partial charge is 0.220 e. The molecule has 0 aromatic rings. The fraction of sp³-hybridized carbons (Fsp3) is 0.909. The van der Waals surface area contributed by atoms with Crippen molar-refractivity contribution in [3.05, 3.63) is 0 Å². The van der Waals surface area contributed by atoms with E-state index in [1.165, 1.54) is 32.1 Å². The van der Waals surface area contributed by atoms with Gasteiger partial charge in [0.2, 0.25) is 5.91 Å². The summed E-state index contributed by atoms with van der Waals surface area (Å²) in [7, 11) is 0. The van der Waals surface area contributed by atoms with Gasteiger partial charge in [0.25, 0.3) is 0 Å². The summed E-state index contributed by atoms with van der Waals surface area (Å²) in [4.78, 5) is 11.6. The standard InChI is InChI=1S/C11H19NOS/c13-10(6-11(8-14)4-5-11)12-7-9-2-1-3-9/h9,14H,1-8H2,(H,12,13). The Morgan fingerprint density at radius 2 is 2.14 bits per heavy atom. The molecule has 0 radical (unpaired) electrons. The van der Waals surface area contributed by atoms with Crippen molar-refractivity contribution in [2.75, 3.05) is 12.3 Å². The van der Waals surface area contributed by atoms with Crippen molar-refractivity contribution in [2.24, 2.45) is 11.3 Å². The summed E-state index contributed by atoms with van der Waals surface area (Å²) < 4.78 is 0. The average molecular weight is 213 g/mol. The number of hydrogen-bond donors (Lipinski definition) is 2. The predicted molar refractivity (Wildman–Crippen MR) is 60.5 cm³/mol. The Morgan fingerprint density at radius 3 is 2.57 bits per heavy atom. The molecule has 0 saturated heterocycles. The Balaban J connectivity index is 1.63. The SMILES string of the molecule is O=C(CC1(CS)CC1)NCC1CCC1. The van der Waals surface area contributed by atoms with E-state index in [9.17, 15) is 4.79 Å². The summed E-state index contributed by atoms with van der Waals surface area (Å²) in [5, 5.41) is 3.04. The predicted octanol–water partition coefficient (Wildman–Crippen LogP) is 2.00. The molecule has 0 aliphatic heterocycles. The lowest BCUT2D eigenvalue weighted by molar-refractivity contribution is -0.122. The Hall–Kier alpha value is -0.180. The van der Waals surface area contributed by atoms with Crippen molar-refractivity contribution in [1.82, 2.24) is 5.32 Å². The Labute approximate surface area is 91.2 Å². The van der Waals surface area contributed by atoms with Gasteiger partial charge in [-0.25, -0.2) is 0 Å². The highest BCUT2D eigenvalue weighted by molar-refractivity contribution is 7.80. The van der Waals surface area contributed by atoms with Gasteiger partial charge in [0.1, 0.15) is 0 Å². The number of carbonyl (C=O) groups is 1. The second-order valence-corrected chi connectivity index (χ2v) is 5.25. The van der Waals surface area contributed by atoms with Gasteiger partial charge in [-0.1, -0.05) is 6.42 Å². The van der Waals surface area contributed by atoms with Crippen LogP contribution in [0.1, 0.15) is 38.5 Å². The molecular formula is C11H19NOS. The fourth-order valence-electron chi connectivity index (χ4n) is 1.93. The second kappa shape index (κ2) is 4.13. The van der Waals surface area contributed by atoms with Gasteiger partial charge in [-0.15, -0.1) is 0 Å². The third kappa shape index (κ3) is 2.44. The number of carbonyl (C=O) groups excluding carboxylic acids is 1. The van der Waals surface area contributed by atoms with E-state index in [1.807, 2.05) is 0 Å². The minimum absolute atomic E-state index is 0.239. The van der Waals surface area contributed by atoms with Gasteiger partial charge >= 0.3 is 0 Å². The van der Waals surface area contributed by atoms with Crippen LogP contribution in [0.15, 0.2) is 0 Å². The van der Waals surface area contributed by atoms with Crippen LogP contribution in [0.5, 0.6) is 0 Å². The number of thiol groups is 1. The number of hydrogen-bond acceptors (Lipinski definition) is 2. The number of rotatable bonds is 5. The molecule has 0 aromatic heterocycles. The van der Waals surface area contributed by atoms with Crippen molar-refractivity contribution in [1.29, 1.82) is 0 Å². The molecule has 80 valence electrons. The van der Waals surface area contributed by atoms with Crippen LogP contribution in [0.4, 0.5) is 0 Å². The van der Waals surface area contributed by atoms with Crippen molar-refractivity contribution >= 4 is 18.5 Å². The van der Waals surface area contributed by atoms with Crippen LogP contribution in [0, 0.1) is 11.3 Å². The highest BCUT2D eigenvalue weighted by Gasteiger charge is 2.42. The molecule has 0 spiro atoms. The third-order valence-electron chi connectivity index (χ3n) is 3.64. The van der Waals surface area contributed by atoms with Crippen LogP contribution in [0.2, 0.25) is 0 Å². The van der Waals surface area contributed by atoms with Crippen LogP contribution in [0.3, 0.4) is 0 Å². The van der Waals surface area contributed by atoms with Crippen LogP contribution in [-0.4, -0.2) is 18.2 Å². The Morgan fingerprint density at radius 1 is 1.43 bits per heavy atom. The lowest BCUT2D eigenvalue weighted by Gasteiger charge is -2.25. The van der Waals surface area contributed by atoms with Gasteiger partial charge in [0, 0.05) is 13.0 Å². The molecule has 2 aliphatic carbocycles. The molecule has 2 nitrogen and oxygen atoms in total. The highest BCUT2D eigenvalue weighted by atomic mass is 32.1. The number of nitrogens with one attached hydrogen (secondary N) is 1. The highest BCUT2D eigenvalue weighted by Crippen LogP contribution is 2.49. The van der Waals surface area contributed by atoms with Crippen LogP contribution < -0.4 is 5.32 Å². The Kier molecular flexibility index (Phi) is 3.05. The zero-order valence-electron chi connectivity index (χ0n) is 8.59. The summed E-state index contributed by atoms with van der Waals surface area (Å²) in [6.07, 6.45) is 7.03. The van der Waals surface area contributed by atoms with Crippen molar-refractivity contribution in [3.63, 3.8) is 0 Å². The topological polar surface area (TPSA) is 29.1 Å². The summed E-state index contributed by atoms with van der Waals surface area (Å²) >= 11 is 4.30. The second-order valence-electron chi connectivity index (χ2n) is 4.94. The summed E-state index contributed by atoms with van der Waals surface area (Å²) in [6, 6.07) is 0. The summed E-state index contributed by atoms with van der Waals surface area (Å²) in [5.41, 5.74) is 0.271. The lowest BCUT2D eigenvalue weighted by Crippen LogP contribution is -2.33. The van der Waals surface area contributed by atoms with E-state index < -0.39 is 0 Å². The van der Waals surface area contributed by atoms with Crippen LogP contribution >= 0.6 is 12.6 Å². The maximum atomic E-state index is 11.6. The van der Waals surface area contributed by atoms with E-state index in [4.69, 9.17) is 0 Å². The van der Waals surface area contributed by atoms with Crippen LogP contribution in [-0.2, 0) is 4.79 Å². The fourth-order valence-corrected chi connectivity index (χ4v) is 2.35. The Bertz CT molecular complexity index is 221. The van der Waals surface area contributed by atoms with Gasteiger partial charge in [-0.05, 0) is 42.8 Å². The molecule has 0 bridgehead atoms. The van der Waals surface area contributed by atoms with E-state index in [1.54, 1.807) is 0 Å². The quantitative estimate of drug-likeness (QED) is 0.672. The lowest BCUT2D eigenvalue weighted by atomic mass is 9.85. The first-order chi connectivity index (χ1) is 6.74. The normalized spacial score (nSPS) is 24.1. The molecule has 1 amide bonds.